The molecule has 67 valence electrons. The summed E-state index contributed by atoms with van der Waals surface area (Å²) >= 11 is 0. The SMILES string of the molecule is C=CC(C)([Si])c1cccc(C)c1C. The van der Waals surface area contributed by atoms with Crippen LogP contribution in [0.3, 0.4) is 0 Å². The molecule has 0 heterocycles. The number of allylic oxidation sites excluding steroid dienone is 1. The molecule has 0 saturated carbocycles. The molecule has 0 fully saturated rings. The Balaban J connectivity index is 3.30. The van der Waals surface area contributed by atoms with Crippen LogP contribution >= 0.6 is 0 Å². The first-order chi connectivity index (χ1) is 5.99. The molecule has 1 unspecified atom stereocenters. The fourth-order valence-electron chi connectivity index (χ4n) is 1.42. The molecule has 0 saturated heterocycles. The fraction of sp³-hybridized carbons (Fsp3) is 0.333. The first-order valence-electron chi connectivity index (χ1n) is 4.44. The van der Waals surface area contributed by atoms with Gasteiger partial charge in [-0.15, -0.1) is 6.58 Å². The Labute approximate surface area is 84.1 Å². The van der Waals surface area contributed by atoms with Crippen LogP contribution in [0.25, 0.3) is 0 Å². The van der Waals surface area contributed by atoms with Gasteiger partial charge in [0.25, 0.3) is 0 Å². The Morgan fingerprint density at radius 1 is 1.38 bits per heavy atom. The molecule has 0 aliphatic rings. The second-order valence-electron chi connectivity index (χ2n) is 3.65. The highest BCUT2D eigenvalue weighted by Gasteiger charge is 2.18. The minimum absolute atomic E-state index is 0.115. The van der Waals surface area contributed by atoms with Gasteiger partial charge in [0.15, 0.2) is 0 Å². The van der Waals surface area contributed by atoms with Crippen molar-refractivity contribution in [2.45, 2.75) is 25.8 Å². The molecule has 0 spiro atoms. The molecule has 0 N–H and O–H groups in total. The molecule has 3 radical (unpaired) electrons. The molecule has 0 nitrogen and oxygen atoms in total. The van der Waals surface area contributed by atoms with E-state index in [-0.39, 0.29) is 5.04 Å². The van der Waals surface area contributed by atoms with E-state index in [1.807, 2.05) is 6.08 Å². The second kappa shape index (κ2) is 3.50. The fourth-order valence-corrected chi connectivity index (χ4v) is 1.69. The highest BCUT2D eigenvalue weighted by molar-refractivity contribution is 6.17. The van der Waals surface area contributed by atoms with Gasteiger partial charge in [-0.05, 0) is 35.6 Å². The molecule has 1 heteroatoms. The van der Waals surface area contributed by atoms with Gasteiger partial charge in [-0.3, -0.25) is 0 Å². The summed E-state index contributed by atoms with van der Waals surface area (Å²) in [5, 5.41) is -0.115. The van der Waals surface area contributed by atoms with Gasteiger partial charge in [-0.25, -0.2) is 0 Å². The number of aryl methyl sites for hydroxylation is 1. The van der Waals surface area contributed by atoms with Crippen LogP contribution in [0.15, 0.2) is 30.9 Å². The monoisotopic (exact) mass is 187 g/mol. The Morgan fingerprint density at radius 3 is 2.54 bits per heavy atom. The van der Waals surface area contributed by atoms with Crippen molar-refractivity contribution in [3.05, 3.63) is 47.5 Å². The van der Waals surface area contributed by atoms with Gasteiger partial charge in [-0.1, -0.05) is 31.2 Å². The first kappa shape index (κ1) is 10.3. The van der Waals surface area contributed by atoms with E-state index in [0.29, 0.717) is 0 Å². The van der Waals surface area contributed by atoms with Crippen LogP contribution in [0.5, 0.6) is 0 Å². The lowest BCUT2D eigenvalue weighted by Gasteiger charge is -2.23. The molecule has 13 heavy (non-hydrogen) atoms. The van der Waals surface area contributed by atoms with Gasteiger partial charge in [0, 0.05) is 10.2 Å². The molecular weight excluding hydrogens is 172 g/mol. The van der Waals surface area contributed by atoms with Crippen LogP contribution in [0.2, 0.25) is 0 Å². The zero-order valence-corrected chi connectivity index (χ0v) is 9.52. The van der Waals surface area contributed by atoms with Crippen LogP contribution < -0.4 is 0 Å². The van der Waals surface area contributed by atoms with Crippen molar-refractivity contribution in [3.8, 4) is 0 Å². The minimum atomic E-state index is -0.115. The lowest BCUT2D eigenvalue weighted by atomic mass is 9.93. The number of hydrogen-bond donors (Lipinski definition) is 0. The summed E-state index contributed by atoms with van der Waals surface area (Å²) in [6.07, 6.45) is 1.92. The zero-order valence-electron chi connectivity index (χ0n) is 8.52. The molecule has 1 aromatic carbocycles. The smallest absolute Gasteiger partial charge is 0.0431 e. The Bertz CT molecular complexity index is 324. The second-order valence-corrected chi connectivity index (χ2v) is 4.69. The average Bonchev–Trinajstić information content (AvgIpc) is 2.09. The molecule has 0 aromatic heterocycles. The van der Waals surface area contributed by atoms with Crippen molar-refractivity contribution in [3.63, 3.8) is 0 Å². The lowest BCUT2D eigenvalue weighted by Crippen LogP contribution is -2.20. The number of rotatable bonds is 2. The van der Waals surface area contributed by atoms with Crippen LogP contribution in [0, 0.1) is 13.8 Å². The van der Waals surface area contributed by atoms with Crippen LogP contribution in [-0.2, 0) is 5.04 Å². The van der Waals surface area contributed by atoms with E-state index < -0.39 is 0 Å². The summed E-state index contributed by atoms with van der Waals surface area (Å²) in [5.74, 6) is 0. The lowest BCUT2D eigenvalue weighted by molar-refractivity contribution is 0.849. The van der Waals surface area contributed by atoms with Crippen molar-refractivity contribution in [1.82, 2.24) is 0 Å². The van der Waals surface area contributed by atoms with Gasteiger partial charge in [0.1, 0.15) is 0 Å². The van der Waals surface area contributed by atoms with Gasteiger partial charge >= 0.3 is 0 Å². The molecule has 0 aliphatic carbocycles. The van der Waals surface area contributed by atoms with Gasteiger partial charge in [0.05, 0.1) is 0 Å². The van der Waals surface area contributed by atoms with Crippen molar-refractivity contribution in [1.29, 1.82) is 0 Å². The summed E-state index contributed by atoms with van der Waals surface area (Å²) in [7, 11) is 3.71. The summed E-state index contributed by atoms with van der Waals surface area (Å²) in [6, 6.07) is 6.35. The first-order valence-corrected chi connectivity index (χ1v) is 4.94. The topological polar surface area (TPSA) is 0 Å². The maximum Gasteiger partial charge on any atom is 0.0431 e. The van der Waals surface area contributed by atoms with E-state index in [0.717, 1.165) is 0 Å². The van der Waals surface area contributed by atoms with E-state index in [1.165, 1.54) is 16.7 Å². The molecule has 1 atom stereocenters. The minimum Gasteiger partial charge on any atom is -0.103 e. The van der Waals surface area contributed by atoms with Crippen LogP contribution in [0.4, 0.5) is 0 Å². The summed E-state index contributed by atoms with van der Waals surface area (Å²) in [4.78, 5) is 0. The average molecular weight is 187 g/mol. The van der Waals surface area contributed by atoms with Gasteiger partial charge in [-0.2, -0.15) is 0 Å². The molecule has 1 rings (SSSR count). The van der Waals surface area contributed by atoms with Crippen LogP contribution in [0.1, 0.15) is 23.6 Å². The Kier molecular flexibility index (Phi) is 2.76. The molecule has 0 aliphatic heterocycles. The largest absolute Gasteiger partial charge is 0.103 e. The third-order valence-corrected chi connectivity index (χ3v) is 3.05. The Morgan fingerprint density at radius 2 is 2.00 bits per heavy atom. The number of hydrogen-bond acceptors (Lipinski definition) is 0. The molecule has 0 bridgehead atoms. The predicted octanol–water partition coefficient (Wildman–Crippen LogP) is 2.87. The maximum absolute atomic E-state index is 3.83. The van der Waals surface area contributed by atoms with Crippen molar-refractivity contribution >= 4 is 10.2 Å². The van der Waals surface area contributed by atoms with Crippen molar-refractivity contribution < 1.29 is 0 Å². The summed E-state index contributed by atoms with van der Waals surface area (Å²) in [5.41, 5.74) is 3.95. The highest BCUT2D eigenvalue weighted by atomic mass is 28.1. The molecule has 1 aromatic rings. The van der Waals surface area contributed by atoms with E-state index in [4.69, 9.17) is 0 Å². The normalized spacial score (nSPS) is 15.1. The predicted molar refractivity (Wildman–Crippen MR) is 59.2 cm³/mol. The highest BCUT2D eigenvalue weighted by Crippen LogP contribution is 2.25. The Hall–Kier alpha value is -0.823. The third-order valence-electron chi connectivity index (χ3n) is 2.57. The van der Waals surface area contributed by atoms with Crippen molar-refractivity contribution in [2.75, 3.05) is 0 Å². The van der Waals surface area contributed by atoms with E-state index in [1.54, 1.807) is 0 Å². The zero-order chi connectivity index (χ0) is 10.1. The quantitative estimate of drug-likeness (QED) is 0.493. The van der Waals surface area contributed by atoms with E-state index >= 15 is 0 Å². The van der Waals surface area contributed by atoms with Gasteiger partial charge < -0.3 is 0 Å². The van der Waals surface area contributed by atoms with Gasteiger partial charge in [0.2, 0.25) is 0 Å². The van der Waals surface area contributed by atoms with E-state index in [9.17, 15) is 0 Å². The molecule has 0 amide bonds. The standard InChI is InChI=1S/C12H15Si/c1-5-12(4,13)11-8-6-7-9(2)10(11)3/h5-8H,1H2,2-4H3. The number of benzene rings is 1. The maximum atomic E-state index is 3.83. The van der Waals surface area contributed by atoms with Crippen molar-refractivity contribution in [2.24, 2.45) is 0 Å². The van der Waals surface area contributed by atoms with Crippen LogP contribution in [-0.4, -0.2) is 10.2 Å². The summed E-state index contributed by atoms with van der Waals surface area (Å²) < 4.78 is 0. The van der Waals surface area contributed by atoms with E-state index in [2.05, 4.69) is 55.8 Å². The summed E-state index contributed by atoms with van der Waals surface area (Å²) in [6.45, 7) is 10.2. The third kappa shape index (κ3) is 1.91. The molecular formula is C12H15Si.